The molecule has 0 saturated carbocycles. The van der Waals surface area contributed by atoms with Crippen molar-refractivity contribution in [2.24, 2.45) is 0 Å². The highest BCUT2D eigenvalue weighted by atomic mass is 35.5. The Morgan fingerprint density at radius 2 is 2.29 bits per heavy atom. The van der Waals surface area contributed by atoms with Gasteiger partial charge in [0.15, 0.2) is 0 Å². The molecule has 2 nitrogen and oxygen atoms in total. The molecule has 88 valence electrons. The molecule has 17 heavy (non-hydrogen) atoms. The van der Waals surface area contributed by atoms with Gasteiger partial charge in [0.25, 0.3) is 5.91 Å². The second-order valence-electron chi connectivity index (χ2n) is 3.33. The van der Waals surface area contributed by atoms with E-state index < -0.39 is 0 Å². The van der Waals surface area contributed by atoms with Crippen molar-refractivity contribution in [2.45, 2.75) is 6.92 Å². The van der Waals surface area contributed by atoms with Crippen molar-refractivity contribution < 1.29 is 4.79 Å². The molecule has 1 N–H and O–H groups in total. The highest BCUT2D eigenvalue weighted by Crippen LogP contribution is 2.28. The standard InChI is InChI=1S/C11H8ClNOS3/c1-6(9-10(14)13-11(15)17-9)2-3-7-4-5-8(12)16-7/h2-5H,1H3,(H,13,14,15)/b3-2+,9-6-. The van der Waals surface area contributed by atoms with E-state index >= 15 is 0 Å². The molecule has 1 aliphatic heterocycles. The lowest BCUT2D eigenvalue weighted by atomic mass is 10.2. The average molecular weight is 302 g/mol. The number of carbonyl (C=O) groups excluding carboxylic acids is 1. The fraction of sp³-hybridized carbons (Fsp3) is 0.0909. The van der Waals surface area contributed by atoms with Crippen molar-refractivity contribution in [3.8, 4) is 0 Å². The molecule has 0 atom stereocenters. The Morgan fingerprint density at radius 3 is 2.82 bits per heavy atom. The highest BCUT2D eigenvalue weighted by molar-refractivity contribution is 8.26. The van der Waals surface area contributed by atoms with E-state index in [2.05, 4.69) is 5.32 Å². The number of rotatable bonds is 2. The van der Waals surface area contributed by atoms with Crippen molar-refractivity contribution in [3.05, 3.63) is 37.9 Å². The maximum absolute atomic E-state index is 11.5. The molecule has 2 rings (SSSR count). The van der Waals surface area contributed by atoms with E-state index in [1.165, 1.54) is 23.1 Å². The molecule has 0 aromatic carbocycles. The fourth-order valence-electron chi connectivity index (χ4n) is 1.27. The zero-order valence-electron chi connectivity index (χ0n) is 8.82. The lowest BCUT2D eigenvalue weighted by molar-refractivity contribution is -0.115. The summed E-state index contributed by atoms with van der Waals surface area (Å²) < 4.78 is 1.26. The summed E-state index contributed by atoms with van der Waals surface area (Å²) in [5.41, 5.74) is 0.900. The van der Waals surface area contributed by atoms with Crippen LogP contribution in [-0.4, -0.2) is 10.2 Å². The molecule has 1 fully saturated rings. The predicted octanol–water partition coefficient (Wildman–Crippen LogP) is 3.84. The smallest absolute Gasteiger partial charge is 0.263 e. The van der Waals surface area contributed by atoms with Crippen LogP contribution < -0.4 is 5.32 Å². The van der Waals surface area contributed by atoms with Crippen LogP contribution in [0.4, 0.5) is 0 Å². The minimum Gasteiger partial charge on any atom is -0.307 e. The summed E-state index contributed by atoms with van der Waals surface area (Å²) in [5.74, 6) is -0.119. The zero-order chi connectivity index (χ0) is 12.4. The van der Waals surface area contributed by atoms with Gasteiger partial charge in [0, 0.05) is 4.88 Å². The summed E-state index contributed by atoms with van der Waals surface area (Å²) in [6.45, 7) is 1.89. The third-order valence-corrected chi connectivity index (χ3v) is 4.61. The van der Waals surface area contributed by atoms with Gasteiger partial charge < -0.3 is 5.32 Å². The van der Waals surface area contributed by atoms with E-state index in [1.54, 1.807) is 0 Å². The molecule has 0 spiro atoms. The Bertz CT molecular complexity index is 545. The quantitative estimate of drug-likeness (QED) is 0.665. The minimum atomic E-state index is -0.119. The summed E-state index contributed by atoms with van der Waals surface area (Å²) in [4.78, 5) is 13.2. The van der Waals surface area contributed by atoms with Gasteiger partial charge in [-0.25, -0.2) is 0 Å². The van der Waals surface area contributed by atoms with Crippen molar-refractivity contribution in [3.63, 3.8) is 0 Å². The van der Waals surface area contributed by atoms with E-state index in [-0.39, 0.29) is 5.91 Å². The fourth-order valence-corrected chi connectivity index (χ4v) is 3.28. The molecule has 2 heterocycles. The molecule has 1 aliphatic rings. The Labute approximate surface area is 118 Å². The number of thioether (sulfide) groups is 1. The van der Waals surface area contributed by atoms with Crippen LogP contribution in [0.1, 0.15) is 11.8 Å². The van der Waals surface area contributed by atoms with Crippen LogP contribution in [0, 0.1) is 0 Å². The Morgan fingerprint density at radius 1 is 1.53 bits per heavy atom. The number of hydrogen-bond donors (Lipinski definition) is 1. The average Bonchev–Trinajstić information content (AvgIpc) is 2.81. The molecule has 0 unspecified atom stereocenters. The van der Waals surface area contributed by atoms with E-state index in [0.29, 0.717) is 9.23 Å². The molecule has 1 amide bonds. The number of halogens is 1. The van der Waals surface area contributed by atoms with Crippen molar-refractivity contribution >= 4 is 63.2 Å². The van der Waals surface area contributed by atoms with Gasteiger partial charge in [-0.15, -0.1) is 11.3 Å². The lowest BCUT2D eigenvalue weighted by Crippen LogP contribution is -2.18. The third kappa shape index (κ3) is 3.19. The number of carbonyl (C=O) groups is 1. The minimum absolute atomic E-state index is 0.119. The molecule has 1 aromatic heterocycles. The van der Waals surface area contributed by atoms with Gasteiger partial charge in [0.05, 0.1) is 9.24 Å². The molecule has 0 bridgehead atoms. The second kappa shape index (κ2) is 5.35. The monoisotopic (exact) mass is 301 g/mol. The number of thiocarbonyl (C=S) groups is 1. The van der Waals surface area contributed by atoms with Crippen LogP contribution in [0.5, 0.6) is 0 Å². The maximum Gasteiger partial charge on any atom is 0.263 e. The third-order valence-electron chi connectivity index (χ3n) is 2.07. The van der Waals surface area contributed by atoms with Crippen LogP contribution in [0.2, 0.25) is 4.34 Å². The Balaban J connectivity index is 2.18. The van der Waals surface area contributed by atoms with E-state index in [9.17, 15) is 4.79 Å². The molecule has 1 saturated heterocycles. The number of thiophene rings is 1. The van der Waals surface area contributed by atoms with Gasteiger partial charge in [0.1, 0.15) is 4.32 Å². The van der Waals surface area contributed by atoms with E-state index in [1.807, 2.05) is 31.2 Å². The SMILES string of the molecule is CC(/C=C/c1ccc(Cl)s1)=C1/SC(=S)NC1=O. The van der Waals surface area contributed by atoms with Crippen molar-refractivity contribution in [2.75, 3.05) is 0 Å². The zero-order valence-corrected chi connectivity index (χ0v) is 12.0. The first-order valence-corrected chi connectivity index (χ1v) is 7.15. The first-order valence-electron chi connectivity index (χ1n) is 4.74. The number of nitrogens with one attached hydrogen (secondary N) is 1. The van der Waals surface area contributed by atoms with Crippen LogP contribution in [0.3, 0.4) is 0 Å². The summed E-state index contributed by atoms with van der Waals surface area (Å²) >= 11 is 13.6. The molecule has 0 radical (unpaired) electrons. The van der Waals surface area contributed by atoms with Crippen molar-refractivity contribution in [1.29, 1.82) is 0 Å². The topological polar surface area (TPSA) is 29.1 Å². The second-order valence-corrected chi connectivity index (χ2v) is 6.76. The van der Waals surface area contributed by atoms with Crippen LogP contribution in [-0.2, 0) is 4.79 Å². The molecule has 6 heteroatoms. The van der Waals surface area contributed by atoms with Crippen LogP contribution in [0.15, 0.2) is 28.7 Å². The largest absolute Gasteiger partial charge is 0.307 e. The highest BCUT2D eigenvalue weighted by Gasteiger charge is 2.23. The summed E-state index contributed by atoms with van der Waals surface area (Å²) in [6, 6.07) is 3.79. The number of amides is 1. The van der Waals surface area contributed by atoms with Gasteiger partial charge in [-0.3, -0.25) is 4.79 Å². The van der Waals surface area contributed by atoms with Crippen LogP contribution in [0.25, 0.3) is 6.08 Å². The summed E-state index contributed by atoms with van der Waals surface area (Å²) in [6.07, 6.45) is 3.84. The van der Waals surface area contributed by atoms with Crippen molar-refractivity contribution in [1.82, 2.24) is 5.32 Å². The van der Waals surface area contributed by atoms with Gasteiger partial charge in [-0.1, -0.05) is 41.7 Å². The Kier molecular flexibility index (Phi) is 4.04. The molecular formula is C11H8ClNOS3. The predicted molar refractivity (Wildman–Crippen MR) is 79.4 cm³/mol. The van der Waals surface area contributed by atoms with Gasteiger partial charge in [-0.2, -0.15) is 0 Å². The first kappa shape index (κ1) is 12.8. The lowest BCUT2D eigenvalue weighted by Gasteiger charge is -1.95. The maximum atomic E-state index is 11.5. The van der Waals surface area contributed by atoms with E-state index in [4.69, 9.17) is 23.8 Å². The van der Waals surface area contributed by atoms with Gasteiger partial charge in [-0.05, 0) is 30.7 Å². The molecule has 1 aromatic rings. The number of allylic oxidation sites excluding steroid dienone is 2. The molecule has 0 aliphatic carbocycles. The molecular weight excluding hydrogens is 294 g/mol. The van der Waals surface area contributed by atoms with Gasteiger partial charge >= 0.3 is 0 Å². The first-order chi connectivity index (χ1) is 8.06. The normalized spacial score (nSPS) is 18.9. The van der Waals surface area contributed by atoms with Crippen LogP contribution >= 0.6 is 46.9 Å². The van der Waals surface area contributed by atoms with E-state index in [0.717, 1.165) is 14.8 Å². The number of hydrogen-bond acceptors (Lipinski definition) is 4. The summed E-state index contributed by atoms with van der Waals surface area (Å²) in [5, 5.41) is 2.60. The summed E-state index contributed by atoms with van der Waals surface area (Å²) in [7, 11) is 0. The Hall–Kier alpha value is -0.620. The van der Waals surface area contributed by atoms with Gasteiger partial charge in [0.2, 0.25) is 0 Å².